The molecule has 5 aromatic rings. The van der Waals surface area contributed by atoms with Gasteiger partial charge in [-0.2, -0.15) is 10.2 Å². The van der Waals surface area contributed by atoms with E-state index in [0.29, 0.717) is 11.5 Å². The molecule has 1 saturated heterocycles. The number of fused-ring (bicyclic) bond motifs is 1. The van der Waals surface area contributed by atoms with Gasteiger partial charge in [0.25, 0.3) is 14.1 Å². The minimum Gasteiger partial charge on any atom is -0.497 e. The Kier molecular flexibility index (Phi) is 15.3. The molecule has 1 aliphatic heterocycles. The van der Waals surface area contributed by atoms with Crippen molar-refractivity contribution in [2.24, 2.45) is 4.99 Å². The Morgan fingerprint density at radius 1 is 0.934 bits per heavy atom. The first-order chi connectivity index (χ1) is 29.4. The van der Waals surface area contributed by atoms with Crippen molar-refractivity contribution >= 4 is 32.0 Å². The van der Waals surface area contributed by atoms with E-state index in [9.17, 15) is 10.1 Å². The van der Waals surface area contributed by atoms with Crippen LogP contribution in [0.3, 0.4) is 0 Å². The third-order valence-corrected chi connectivity index (χ3v) is 12.3. The maximum absolute atomic E-state index is 13.3. The second kappa shape index (κ2) is 20.5. The van der Waals surface area contributed by atoms with Crippen LogP contribution in [0.4, 0.5) is 5.95 Å². The molecule has 1 N–H and O–H groups in total. The highest BCUT2D eigenvalue weighted by atomic mass is 31.2. The van der Waals surface area contributed by atoms with Gasteiger partial charge >= 0.3 is 0 Å². The van der Waals surface area contributed by atoms with Crippen LogP contribution in [0, 0.1) is 11.3 Å². The fourth-order valence-electron chi connectivity index (χ4n) is 7.46. The van der Waals surface area contributed by atoms with Crippen LogP contribution in [-0.4, -0.2) is 114 Å². The van der Waals surface area contributed by atoms with Crippen molar-refractivity contribution in [1.82, 2.24) is 29.1 Å². The van der Waals surface area contributed by atoms with Gasteiger partial charge in [0.2, 0.25) is 5.95 Å². The van der Waals surface area contributed by atoms with E-state index in [1.807, 2.05) is 93.0 Å². The fourth-order valence-corrected chi connectivity index (χ4v) is 9.22. The SMILES string of the molecule is COc1ccc(C(OC[C@H]2O[C@@H](n3cnc4c(=O)[nH]c(/N=C/N(C)C)nc43)C(OC)[C@H]2OP(OCCC#N)N(C(C)C)C(C)C)(c2ccccc2)c2ccc(OC)cc2)cc1. The number of imidazole rings is 1. The summed E-state index contributed by atoms with van der Waals surface area (Å²) in [6.07, 6.45) is -0.0727. The molecule has 0 aliphatic carbocycles. The molecule has 0 radical (unpaired) electrons. The first-order valence-corrected chi connectivity index (χ1v) is 21.2. The van der Waals surface area contributed by atoms with E-state index < -0.39 is 44.2 Å². The molecule has 5 atom stereocenters. The van der Waals surface area contributed by atoms with Gasteiger partial charge in [-0.15, -0.1) is 0 Å². The number of hydrogen-bond donors (Lipinski definition) is 1. The Bertz CT molecular complexity index is 2240. The number of aromatic nitrogens is 4. The van der Waals surface area contributed by atoms with Crippen LogP contribution in [-0.2, 0) is 28.9 Å². The van der Waals surface area contributed by atoms with Crippen LogP contribution in [0.2, 0.25) is 0 Å². The molecule has 0 amide bonds. The van der Waals surface area contributed by atoms with Gasteiger partial charge in [-0.1, -0.05) is 54.6 Å². The Morgan fingerprint density at radius 2 is 1.54 bits per heavy atom. The molecule has 2 aromatic heterocycles. The average Bonchev–Trinajstić information content (AvgIpc) is 3.84. The lowest BCUT2D eigenvalue weighted by Gasteiger charge is -2.39. The molecule has 1 fully saturated rings. The molecular weight excluding hydrogens is 800 g/mol. The standard InChI is InChI=1S/C44H55N8O8P/c1-29(2)52(30(3)4)61(58-25-13-24-45)60-38-36(59-42(39(38)56-9)51-28-46-37-40(51)48-43(49-41(37)53)47-27-50(5)6)26-57-44(31-14-11-10-12-15-31,32-16-20-34(54-7)21-17-32)33-18-22-35(55-8)23-19-33/h10-12,14-23,27-30,36,38-39,42H,13,25-26H2,1-9H3,(H,48,49,53)/b47-27+/t36-,38+,39?,42-,61?/m1/s1. The van der Waals surface area contributed by atoms with Crippen molar-refractivity contribution in [2.75, 3.05) is 48.6 Å². The van der Waals surface area contributed by atoms with Gasteiger partial charge in [0.1, 0.15) is 35.4 Å². The number of nitrogens with zero attached hydrogens (tertiary/aromatic N) is 7. The summed E-state index contributed by atoms with van der Waals surface area (Å²) in [5.74, 6) is 1.48. The molecule has 17 heteroatoms. The normalized spacial score (nSPS) is 18.7. The number of ether oxygens (including phenoxy) is 5. The van der Waals surface area contributed by atoms with E-state index in [1.54, 1.807) is 37.1 Å². The molecule has 61 heavy (non-hydrogen) atoms. The van der Waals surface area contributed by atoms with Crippen molar-refractivity contribution in [2.45, 2.75) is 76.3 Å². The Labute approximate surface area is 358 Å². The summed E-state index contributed by atoms with van der Waals surface area (Å²) in [5.41, 5.74) is 1.25. The number of hydrogen-bond acceptors (Lipinski definition) is 13. The quantitative estimate of drug-likeness (QED) is 0.0281. The zero-order chi connectivity index (χ0) is 43.7. The summed E-state index contributed by atoms with van der Waals surface area (Å²) in [7, 11) is 6.69. The van der Waals surface area contributed by atoms with Crippen molar-refractivity contribution in [3.63, 3.8) is 0 Å². The van der Waals surface area contributed by atoms with Crippen molar-refractivity contribution < 1.29 is 32.7 Å². The Hall–Kier alpha value is -5.24. The fraction of sp³-hybridized carbons (Fsp3) is 0.432. The molecule has 0 saturated carbocycles. The van der Waals surface area contributed by atoms with E-state index >= 15 is 0 Å². The number of benzene rings is 3. The Balaban J connectivity index is 1.50. The zero-order valence-corrected chi connectivity index (χ0v) is 37.0. The molecule has 3 aromatic carbocycles. The van der Waals surface area contributed by atoms with Gasteiger partial charge in [-0.05, 0) is 68.7 Å². The molecule has 16 nitrogen and oxygen atoms in total. The zero-order valence-electron chi connectivity index (χ0n) is 36.1. The molecule has 324 valence electrons. The molecule has 2 unspecified atom stereocenters. The maximum atomic E-state index is 13.3. The topological polar surface area (TPSA) is 171 Å². The number of nitriles is 1. The van der Waals surface area contributed by atoms with Crippen LogP contribution >= 0.6 is 8.53 Å². The van der Waals surface area contributed by atoms with Crippen LogP contribution in [0.15, 0.2) is 95.0 Å². The van der Waals surface area contributed by atoms with Crippen LogP contribution in [0.25, 0.3) is 11.2 Å². The number of methoxy groups -OCH3 is 3. The monoisotopic (exact) mass is 854 g/mol. The molecule has 1 aliphatic rings. The van der Waals surface area contributed by atoms with E-state index in [1.165, 1.54) is 6.33 Å². The van der Waals surface area contributed by atoms with Crippen LogP contribution < -0.4 is 15.0 Å². The minimum absolute atomic E-state index is 0.0161. The lowest BCUT2D eigenvalue weighted by atomic mass is 9.80. The summed E-state index contributed by atoms with van der Waals surface area (Å²) in [4.78, 5) is 31.2. The van der Waals surface area contributed by atoms with Gasteiger partial charge in [-0.25, -0.2) is 14.6 Å². The maximum Gasteiger partial charge on any atom is 0.280 e. The van der Waals surface area contributed by atoms with Crippen LogP contribution in [0.1, 0.15) is 57.0 Å². The average molecular weight is 855 g/mol. The van der Waals surface area contributed by atoms with Crippen molar-refractivity contribution in [3.05, 3.63) is 112 Å². The molecule has 0 bridgehead atoms. The smallest absolute Gasteiger partial charge is 0.280 e. The summed E-state index contributed by atoms with van der Waals surface area (Å²) in [6.45, 7) is 8.44. The third-order valence-electron chi connectivity index (χ3n) is 10.2. The second-order valence-electron chi connectivity index (χ2n) is 15.1. The largest absolute Gasteiger partial charge is 0.497 e. The minimum atomic E-state index is -1.78. The van der Waals surface area contributed by atoms with E-state index in [2.05, 4.69) is 58.4 Å². The van der Waals surface area contributed by atoms with Crippen LogP contribution in [0.5, 0.6) is 11.5 Å². The number of aromatic amines is 1. The number of nitrogens with one attached hydrogen (secondary N) is 1. The van der Waals surface area contributed by atoms with E-state index in [4.69, 9.17) is 32.7 Å². The highest BCUT2D eigenvalue weighted by molar-refractivity contribution is 7.44. The molecular formula is C44H55N8O8P. The highest BCUT2D eigenvalue weighted by Crippen LogP contribution is 2.51. The first-order valence-electron chi connectivity index (χ1n) is 20.0. The van der Waals surface area contributed by atoms with Crippen molar-refractivity contribution in [1.29, 1.82) is 5.26 Å². The van der Waals surface area contributed by atoms with Gasteiger partial charge in [0.05, 0.1) is 52.6 Å². The van der Waals surface area contributed by atoms with Crippen molar-refractivity contribution in [3.8, 4) is 17.6 Å². The second-order valence-corrected chi connectivity index (χ2v) is 16.5. The first kappa shape index (κ1) is 45.3. The molecule has 6 rings (SSSR count). The summed E-state index contributed by atoms with van der Waals surface area (Å²) < 4.78 is 49.1. The molecule has 0 spiro atoms. The number of H-pyrrole nitrogens is 1. The summed E-state index contributed by atoms with van der Waals surface area (Å²) in [6, 6.07) is 27.8. The predicted octanol–water partition coefficient (Wildman–Crippen LogP) is 6.94. The van der Waals surface area contributed by atoms with Gasteiger partial charge < -0.3 is 37.6 Å². The van der Waals surface area contributed by atoms with Gasteiger partial charge in [0.15, 0.2) is 17.4 Å². The third kappa shape index (κ3) is 9.95. The van der Waals surface area contributed by atoms with Gasteiger partial charge in [0, 0.05) is 33.3 Å². The lowest BCUT2D eigenvalue weighted by molar-refractivity contribution is -0.0938. The summed E-state index contributed by atoms with van der Waals surface area (Å²) >= 11 is 0. The van der Waals surface area contributed by atoms with Gasteiger partial charge in [-0.3, -0.25) is 14.3 Å². The summed E-state index contributed by atoms with van der Waals surface area (Å²) in [5, 5.41) is 9.46. The van der Waals surface area contributed by atoms with E-state index in [0.717, 1.165) is 16.7 Å². The Morgan fingerprint density at radius 3 is 2.08 bits per heavy atom. The van der Waals surface area contributed by atoms with E-state index in [-0.39, 0.29) is 48.8 Å². The highest BCUT2D eigenvalue weighted by Gasteiger charge is 2.51. The lowest BCUT2D eigenvalue weighted by Crippen LogP contribution is -2.42. The predicted molar refractivity (Wildman–Crippen MR) is 233 cm³/mol. The number of aliphatic imine (C=N–C) groups is 1. The number of rotatable bonds is 20. The molecule has 3 heterocycles.